The van der Waals surface area contributed by atoms with Crippen molar-refractivity contribution in [2.45, 2.75) is 6.92 Å². The summed E-state index contributed by atoms with van der Waals surface area (Å²) in [5.41, 5.74) is 1.42. The van der Waals surface area contributed by atoms with Crippen LogP contribution in [-0.4, -0.2) is 31.9 Å². The van der Waals surface area contributed by atoms with E-state index in [0.29, 0.717) is 28.4 Å². The summed E-state index contributed by atoms with van der Waals surface area (Å²) in [6, 6.07) is 11.2. The van der Waals surface area contributed by atoms with Gasteiger partial charge in [-0.1, -0.05) is 17.7 Å². The van der Waals surface area contributed by atoms with Crippen LogP contribution in [0.2, 0.25) is 0 Å². The Kier molecular flexibility index (Phi) is 5.37. The van der Waals surface area contributed by atoms with E-state index in [4.69, 9.17) is 21.1 Å². The molecule has 0 saturated carbocycles. The van der Waals surface area contributed by atoms with E-state index in [1.165, 1.54) is 21.1 Å². The molecule has 28 heavy (non-hydrogen) atoms. The summed E-state index contributed by atoms with van der Waals surface area (Å²) in [4.78, 5) is 37.7. The third-order valence-corrected chi connectivity index (χ3v) is 4.50. The van der Waals surface area contributed by atoms with Crippen LogP contribution in [0.25, 0.3) is 5.57 Å². The molecule has 144 valence electrons. The fraction of sp³-hybridized carbons (Fsp3) is 0.150. The van der Waals surface area contributed by atoms with E-state index in [1.807, 2.05) is 0 Å². The molecule has 1 aliphatic rings. The van der Waals surface area contributed by atoms with E-state index in [9.17, 15) is 14.4 Å². The summed E-state index contributed by atoms with van der Waals surface area (Å²) in [6.07, 6.45) is 0. The molecule has 0 aromatic heterocycles. The highest BCUT2D eigenvalue weighted by atomic mass is 35.5. The van der Waals surface area contributed by atoms with Crippen LogP contribution in [0, 0.1) is 0 Å². The first-order chi connectivity index (χ1) is 13.4. The van der Waals surface area contributed by atoms with Gasteiger partial charge in [0, 0.05) is 12.6 Å². The Morgan fingerprint density at radius 1 is 0.964 bits per heavy atom. The Morgan fingerprint density at radius 2 is 1.61 bits per heavy atom. The minimum Gasteiger partial charge on any atom is -0.493 e. The molecule has 8 heteroatoms. The van der Waals surface area contributed by atoms with Crippen LogP contribution in [-0.2, 0) is 14.4 Å². The average Bonchev–Trinajstić information content (AvgIpc) is 2.90. The van der Waals surface area contributed by atoms with Gasteiger partial charge in [0.2, 0.25) is 5.91 Å². The monoisotopic (exact) mass is 400 g/mol. The van der Waals surface area contributed by atoms with Gasteiger partial charge in [-0.25, -0.2) is 4.90 Å². The smallest absolute Gasteiger partial charge is 0.277 e. The molecule has 3 rings (SSSR count). The highest BCUT2D eigenvalue weighted by Crippen LogP contribution is 2.38. The van der Waals surface area contributed by atoms with Crippen LogP contribution in [0.15, 0.2) is 47.5 Å². The summed E-state index contributed by atoms with van der Waals surface area (Å²) in [7, 11) is 2.97. The van der Waals surface area contributed by atoms with Crippen LogP contribution >= 0.6 is 11.6 Å². The number of amides is 3. The predicted molar refractivity (Wildman–Crippen MR) is 106 cm³/mol. The van der Waals surface area contributed by atoms with Gasteiger partial charge in [0.1, 0.15) is 5.03 Å². The van der Waals surface area contributed by atoms with E-state index < -0.39 is 11.8 Å². The Hall–Kier alpha value is -3.32. The van der Waals surface area contributed by atoms with Crippen molar-refractivity contribution in [2.75, 3.05) is 24.4 Å². The summed E-state index contributed by atoms with van der Waals surface area (Å²) in [6.45, 7) is 1.39. The zero-order valence-electron chi connectivity index (χ0n) is 15.4. The van der Waals surface area contributed by atoms with Gasteiger partial charge in [-0.15, -0.1) is 0 Å². The quantitative estimate of drug-likeness (QED) is 0.779. The lowest BCUT2D eigenvalue weighted by atomic mass is 10.1. The molecular weight excluding hydrogens is 384 g/mol. The first-order valence-electron chi connectivity index (χ1n) is 8.26. The van der Waals surface area contributed by atoms with Crippen LogP contribution in [0.4, 0.5) is 11.4 Å². The summed E-state index contributed by atoms with van der Waals surface area (Å²) in [5, 5.41) is 2.44. The second kappa shape index (κ2) is 7.74. The van der Waals surface area contributed by atoms with Gasteiger partial charge >= 0.3 is 0 Å². The first kappa shape index (κ1) is 19.4. The zero-order chi connectivity index (χ0) is 20.4. The number of carbonyl (C=O) groups is 3. The molecule has 0 unspecified atom stereocenters. The Morgan fingerprint density at radius 3 is 2.18 bits per heavy atom. The molecule has 7 nitrogen and oxygen atoms in total. The van der Waals surface area contributed by atoms with Crippen molar-refractivity contribution in [3.8, 4) is 11.5 Å². The van der Waals surface area contributed by atoms with Gasteiger partial charge in [0.05, 0.1) is 25.5 Å². The van der Waals surface area contributed by atoms with Crippen molar-refractivity contribution < 1.29 is 23.9 Å². The van der Waals surface area contributed by atoms with Crippen LogP contribution < -0.4 is 19.7 Å². The fourth-order valence-corrected chi connectivity index (χ4v) is 3.15. The lowest BCUT2D eigenvalue weighted by Gasteiger charge is -2.16. The third-order valence-electron chi connectivity index (χ3n) is 4.15. The van der Waals surface area contributed by atoms with E-state index in [2.05, 4.69) is 5.32 Å². The molecule has 1 aliphatic heterocycles. The minimum absolute atomic E-state index is 0.0820. The van der Waals surface area contributed by atoms with Crippen LogP contribution in [0.5, 0.6) is 11.5 Å². The fourth-order valence-electron chi connectivity index (χ4n) is 2.88. The van der Waals surface area contributed by atoms with Crippen molar-refractivity contribution in [1.29, 1.82) is 0 Å². The maximum absolute atomic E-state index is 13.0. The Balaban J connectivity index is 1.95. The van der Waals surface area contributed by atoms with Gasteiger partial charge in [-0.05, 0) is 42.0 Å². The SMILES string of the molecule is COc1ccc(C2=C(Cl)C(=O)N(c3ccc(NC(C)=O)cc3)C2=O)cc1OC. The van der Waals surface area contributed by atoms with Gasteiger partial charge in [-0.3, -0.25) is 14.4 Å². The molecule has 2 aromatic rings. The molecule has 1 N–H and O–H groups in total. The highest BCUT2D eigenvalue weighted by molar-refractivity contribution is 6.60. The molecular formula is C20H17ClN2O5. The average molecular weight is 401 g/mol. The number of imide groups is 1. The molecule has 1 heterocycles. The number of methoxy groups -OCH3 is 2. The first-order valence-corrected chi connectivity index (χ1v) is 8.63. The highest BCUT2D eigenvalue weighted by Gasteiger charge is 2.39. The van der Waals surface area contributed by atoms with Crippen LogP contribution in [0.3, 0.4) is 0 Å². The second-order valence-corrected chi connectivity index (χ2v) is 6.31. The number of rotatable bonds is 5. The number of benzene rings is 2. The van der Waals surface area contributed by atoms with E-state index in [-0.39, 0.29) is 16.5 Å². The Labute approximate surface area is 166 Å². The van der Waals surface area contributed by atoms with Crippen molar-refractivity contribution >= 4 is 46.3 Å². The maximum Gasteiger partial charge on any atom is 0.277 e. The minimum atomic E-state index is -0.622. The summed E-state index contributed by atoms with van der Waals surface area (Å²) >= 11 is 6.21. The maximum atomic E-state index is 13.0. The summed E-state index contributed by atoms with van der Waals surface area (Å²) in [5.74, 6) is -0.486. The molecule has 0 saturated heterocycles. The number of carbonyl (C=O) groups excluding carboxylic acids is 3. The molecule has 0 radical (unpaired) electrons. The standard InChI is InChI=1S/C20H17ClN2O5/c1-11(24)22-13-5-7-14(8-6-13)23-19(25)17(18(21)20(23)26)12-4-9-15(27-2)16(10-12)28-3/h4-10H,1-3H3,(H,22,24). The van der Waals surface area contributed by atoms with E-state index >= 15 is 0 Å². The molecule has 0 aliphatic carbocycles. The molecule has 2 aromatic carbocycles. The van der Waals surface area contributed by atoms with Crippen molar-refractivity contribution in [3.63, 3.8) is 0 Å². The number of anilines is 2. The van der Waals surface area contributed by atoms with Crippen molar-refractivity contribution in [2.24, 2.45) is 0 Å². The van der Waals surface area contributed by atoms with Gasteiger partial charge in [0.15, 0.2) is 11.5 Å². The number of nitrogens with one attached hydrogen (secondary N) is 1. The molecule has 0 fully saturated rings. The van der Waals surface area contributed by atoms with Gasteiger partial charge < -0.3 is 14.8 Å². The lowest BCUT2D eigenvalue weighted by molar-refractivity contribution is -0.120. The van der Waals surface area contributed by atoms with Gasteiger partial charge in [0.25, 0.3) is 11.8 Å². The number of ether oxygens (including phenoxy) is 2. The number of hydrogen-bond donors (Lipinski definition) is 1. The number of halogens is 1. The number of hydrogen-bond acceptors (Lipinski definition) is 5. The molecule has 0 bridgehead atoms. The normalized spacial score (nSPS) is 13.8. The zero-order valence-corrected chi connectivity index (χ0v) is 16.2. The predicted octanol–water partition coefficient (Wildman–Crippen LogP) is 3.19. The van der Waals surface area contributed by atoms with Crippen LogP contribution in [0.1, 0.15) is 12.5 Å². The summed E-state index contributed by atoms with van der Waals surface area (Å²) < 4.78 is 10.4. The lowest BCUT2D eigenvalue weighted by Crippen LogP contribution is -2.31. The van der Waals surface area contributed by atoms with Gasteiger partial charge in [-0.2, -0.15) is 0 Å². The van der Waals surface area contributed by atoms with Crippen molar-refractivity contribution in [1.82, 2.24) is 0 Å². The molecule has 0 spiro atoms. The van der Waals surface area contributed by atoms with E-state index in [1.54, 1.807) is 42.5 Å². The van der Waals surface area contributed by atoms with Crippen molar-refractivity contribution in [3.05, 3.63) is 53.1 Å². The third kappa shape index (κ3) is 3.44. The second-order valence-electron chi connectivity index (χ2n) is 5.93. The largest absolute Gasteiger partial charge is 0.493 e. The number of nitrogens with zero attached hydrogens (tertiary/aromatic N) is 1. The molecule has 0 atom stereocenters. The molecule has 3 amide bonds. The Bertz CT molecular complexity index is 998. The van der Waals surface area contributed by atoms with E-state index in [0.717, 1.165) is 4.90 Å². The topological polar surface area (TPSA) is 84.9 Å².